The number of anilines is 1. The largest absolute Gasteiger partial charge is 0.507 e. The highest BCUT2D eigenvalue weighted by Crippen LogP contribution is 2.58. The van der Waals surface area contributed by atoms with E-state index in [1.807, 2.05) is 50.4 Å². The lowest BCUT2D eigenvalue weighted by Gasteiger charge is -2.60. The molecule has 256 valence electrons. The van der Waals surface area contributed by atoms with Crippen LogP contribution in [0.15, 0.2) is 36.4 Å². The zero-order valence-electron chi connectivity index (χ0n) is 28.0. The average Bonchev–Trinajstić information content (AvgIpc) is 3.57. The van der Waals surface area contributed by atoms with E-state index in [0.717, 1.165) is 22.4 Å². The van der Waals surface area contributed by atoms with Crippen molar-refractivity contribution in [1.29, 1.82) is 5.26 Å². The van der Waals surface area contributed by atoms with Crippen molar-refractivity contribution in [3.05, 3.63) is 69.8 Å². The Bertz CT molecular complexity index is 1880. The number of benzene rings is 3. The third-order valence-electron chi connectivity index (χ3n) is 10.5. The first-order valence-corrected chi connectivity index (χ1v) is 16.8. The number of nitrogens with zero attached hydrogens (tertiary/aromatic N) is 3. The molecule has 2 bridgehead atoms. The molecule has 0 radical (unpaired) electrons. The van der Waals surface area contributed by atoms with Gasteiger partial charge in [0.1, 0.15) is 17.8 Å². The number of aromatic hydroxyl groups is 2. The molecule has 1 unspecified atom stereocenters. The zero-order valence-corrected chi connectivity index (χ0v) is 28.9. The molecule has 7 rings (SSSR count). The van der Waals surface area contributed by atoms with Crippen molar-refractivity contribution < 1.29 is 29.2 Å². The smallest absolute Gasteiger partial charge is 0.242 e. The average molecular weight is 685 g/mol. The van der Waals surface area contributed by atoms with Gasteiger partial charge in [-0.25, -0.2) is 0 Å². The van der Waals surface area contributed by atoms with Gasteiger partial charge in [0.05, 0.1) is 25.3 Å². The number of fused-ring (bicyclic) bond motifs is 9. The summed E-state index contributed by atoms with van der Waals surface area (Å²) in [5.74, 6) is 1.29. The highest BCUT2D eigenvalue weighted by atomic mass is 32.1. The molecule has 1 amide bonds. The van der Waals surface area contributed by atoms with E-state index in [0.29, 0.717) is 51.9 Å². The van der Waals surface area contributed by atoms with Crippen LogP contribution >= 0.6 is 12.2 Å². The standard InChI is InChI=1S/C36H40N6O6S/c1-17-11-20-12-23-25(14-37)42-24(29(41(23)4)27(20)31(44)32(17)46-5)13-22-28(34-33(47-16-48-34)18(2)30(22)43)26(42)15-38-35(45)19(3)39-36(49)40-21-9-7-6-8-10-21/h6-11,19,23-26,29,43-44H,12-13,15-16H2,1-5H3,(H,38,45)(H2,39,40,49)/t19-,23+,24?,25+,26+,29+/m1/s1. The molecular formula is C36H40N6O6S. The summed E-state index contributed by atoms with van der Waals surface area (Å²) >= 11 is 5.47. The topological polar surface area (TPSA) is 152 Å². The van der Waals surface area contributed by atoms with Crippen molar-refractivity contribution in [2.75, 3.05) is 32.8 Å². The molecule has 0 saturated carbocycles. The number of thiocarbonyl (C=S) groups is 1. The van der Waals surface area contributed by atoms with Crippen LogP contribution in [0.4, 0.5) is 5.69 Å². The normalized spacial score (nSPS) is 24.0. The van der Waals surface area contributed by atoms with E-state index >= 15 is 0 Å². The number of methoxy groups -OCH3 is 1. The van der Waals surface area contributed by atoms with Crippen molar-refractivity contribution in [2.45, 2.75) is 69.9 Å². The first kappa shape index (κ1) is 32.8. The number of phenolic OH excluding ortho intramolecular Hbond substituents is 2. The monoisotopic (exact) mass is 684 g/mol. The second kappa shape index (κ2) is 12.6. The summed E-state index contributed by atoms with van der Waals surface area (Å²) in [4.78, 5) is 17.9. The molecule has 0 aromatic heterocycles. The third-order valence-corrected chi connectivity index (χ3v) is 10.8. The van der Waals surface area contributed by atoms with Crippen LogP contribution in [0.2, 0.25) is 0 Å². The lowest BCUT2D eigenvalue weighted by molar-refractivity contribution is -0.123. The summed E-state index contributed by atoms with van der Waals surface area (Å²) in [5.41, 5.74) is 5.30. The molecule has 0 spiro atoms. The summed E-state index contributed by atoms with van der Waals surface area (Å²) in [7, 11) is 3.53. The number of nitriles is 1. The van der Waals surface area contributed by atoms with Crippen molar-refractivity contribution in [3.8, 4) is 34.8 Å². The molecule has 5 N–H and O–H groups in total. The van der Waals surface area contributed by atoms with Crippen LogP contribution in [0, 0.1) is 25.2 Å². The Kier molecular flexibility index (Phi) is 8.42. The first-order valence-electron chi connectivity index (χ1n) is 16.4. The van der Waals surface area contributed by atoms with Gasteiger partial charge in [-0.1, -0.05) is 24.3 Å². The van der Waals surface area contributed by atoms with Crippen LogP contribution in [0.3, 0.4) is 0 Å². The molecule has 4 heterocycles. The Balaban J connectivity index is 1.27. The predicted molar refractivity (Wildman–Crippen MR) is 186 cm³/mol. The van der Waals surface area contributed by atoms with Gasteiger partial charge in [0.15, 0.2) is 28.1 Å². The summed E-state index contributed by atoms with van der Waals surface area (Å²) < 4.78 is 17.5. The number of carbonyl (C=O) groups is 1. The second-order valence-corrected chi connectivity index (χ2v) is 13.6. The van der Waals surface area contributed by atoms with Crippen LogP contribution in [-0.4, -0.2) is 82.7 Å². The van der Waals surface area contributed by atoms with Gasteiger partial charge in [-0.05, 0) is 76.1 Å². The van der Waals surface area contributed by atoms with Crippen molar-refractivity contribution >= 4 is 28.9 Å². The minimum atomic E-state index is -0.683. The number of piperazine rings is 1. The van der Waals surface area contributed by atoms with Crippen LogP contribution in [0.5, 0.6) is 28.7 Å². The van der Waals surface area contributed by atoms with Crippen LogP contribution in [0.25, 0.3) is 0 Å². The Labute approximate surface area is 290 Å². The zero-order chi connectivity index (χ0) is 34.7. The van der Waals surface area contributed by atoms with E-state index in [4.69, 9.17) is 26.4 Å². The fourth-order valence-corrected chi connectivity index (χ4v) is 8.64. The molecule has 4 aliphatic rings. The maximum atomic E-state index is 13.6. The maximum absolute atomic E-state index is 13.6. The number of phenols is 2. The Morgan fingerprint density at radius 2 is 1.86 bits per heavy atom. The Hall–Kier alpha value is -4.77. The van der Waals surface area contributed by atoms with Gasteiger partial charge in [0.25, 0.3) is 0 Å². The molecule has 4 aliphatic heterocycles. The number of likely N-dealkylation sites (N-methyl/N-ethyl adjacent to an activating group) is 1. The Morgan fingerprint density at radius 3 is 2.57 bits per heavy atom. The van der Waals surface area contributed by atoms with Crippen LogP contribution in [-0.2, 0) is 17.6 Å². The van der Waals surface area contributed by atoms with Crippen molar-refractivity contribution in [2.24, 2.45) is 0 Å². The number of hydrogen-bond acceptors (Lipinski definition) is 10. The van der Waals surface area contributed by atoms with Gasteiger partial charge in [-0.15, -0.1) is 0 Å². The van der Waals surface area contributed by atoms with E-state index in [2.05, 4.69) is 31.8 Å². The van der Waals surface area contributed by atoms with Crippen LogP contribution < -0.4 is 30.2 Å². The third kappa shape index (κ3) is 5.26. The van der Waals surface area contributed by atoms with Gasteiger partial charge >= 0.3 is 0 Å². The molecule has 13 heteroatoms. The molecule has 6 atom stereocenters. The SMILES string of the molecule is COc1c(C)cc2c(c1O)[C@@H]1C3Cc4c(O)c(C)c5c(c4[C@H](CNC(=O)[C@@H](C)NC(=S)Nc4ccccc4)N3[C@@H](C#N)[C@H](C2)N1C)OCO5. The van der Waals surface area contributed by atoms with Gasteiger partial charge in [0, 0.05) is 46.6 Å². The minimum absolute atomic E-state index is 0.00253. The van der Waals surface area contributed by atoms with Crippen molar-refractivity contribution in [1.82, 2.24) is 20.4 Å². The number of aryl methyl sites for hydroxylation is 1. The minimum Gasteiger partial charge on any atom is -0.507 e. The molecule has 3 aromatic carbocycles. The lowest BCUT2D eigenvalue weighted by Crippen LogP contribution is -2.68. The number of hydrogen-bond donors (Lipinski definition) is 5. The molecule has 0 aliphatic carbocycles. The predicted octanol–water partition coefficient (Wildman–Crippen LogP) is 3.71. The number of rotatable bonds is 6. The van der Waals surface area contributed by atoms with E-state index in [1.165, 1.54) is 0 Å². The van der Waals surface area contributed by atoms with Crippen LogP contribution in [0.1, 0.15) is 52.4 Å². The summed E-state index contributed by atoms with van der Waals surface area (Å²) in [6.45, 7) is 5.53. The van der Waals surface area contributed by atoms with Gasteiger partial charge in [0.2, 0.25) is 12.7 Å². The number of carbonyl (C=O) groups excluding carboxylic acids is 1. The summed E-state index contributed by atoms with van der Waals surface area (Å²) in [6, 6.07) is 11.3. The summed E-state index contributed by atoms with van der Waals surface area (Å²) in [5, 5.41) is 43.7. The number of nitrogens with one attached hydrogen (secondary N) is 3. The molecule has 49 heavy (non-hydrogen) atoms. The molecule has 3 aromatic rings. The second-order valence-electron chi connectivity index (χ2n) is 13.2. The number of ether oxygens (including phenoxy) is 3. The maximum Gasteiger partial charge on any atom is 0.242 e. The Morgan fingerprint density at radius 1 is 1.12 bits per heavy atom. The quantitative estimate of drug-likeness (QED) is 0.241. The van der Waals surface area contributed by atoms with Gasteiger partial charge in [-0.2, -0.15) is 5.26 Å². The highest BCUT2D eigenvalue weighted by Gasteiger charge is 2.56. The summed E-state index contributed by atoms with van der Waals surface area (Å²) in [6.07, 6.45) is 0.910. The first-order chi connectivity index (χ1) is 23.5. The fourth-order valence-electron chi connectivity index (χ4n) is 8.34. The van der Waals surface area contributed by atoms with Crippen molar-refractivity contribution in [3.63, 3.8) is 0 Å². The molecule has 1 fully saturated rings. The van der Waals surface area contributed by atoms with E-state index in [9.17, 15) is 20.3 Å². The lowest BCUT2D eigenvalue weighted by atomic mass is 9.71. The molecule has 1 saturated heterocycles. The highest BCUT2D eigenvalue weighted by molar-refractivity contribution is 7.80. The van der Waals surface area contributed by atoms with Gasteiger partial charge < -0.3 is 40.4 Å². The van der Waals surface area contributed by atoms with E-state index < -0.39 is 18.1 Å². The van der Waals surface area contributed by atoms with E-state index in [1.54, 1.807) is 21.0 Å². The van der Waals surface area contributed by atoms with E-state index in [-0.39, 0.29) is 48.9 Å². The number of para-hydroxylation sites is 1. The molecule has 12 nitrogen and oxygen atoms in total. The number of amides is 1. The molecular weight excluding hydrogens is 644 g/mol. The van der Waals surface area contributed by atoms with Gasteiger partial charge in [-0.3, -0.25) is 14.6 Å². The fraction of sp³-hybridized carbons (Fsp3) is 0.417.